The standard InChI is InChI=1S/C27H28ClNO6/c1-3-13-35-27-17(28)14-16(15-22(27)34-4-2)24-25-18(7-5-9-20(25)30)29(12-11-23(32)33)19-8-6-10-21(31)26(19)24/h1,14-15,24H,4-13H2,2H3,(H,32,33). The van der Waals surface area contributed by atoms with Crippen LogP contribution in [0.25, 0.3) is 0 Å². The summed E-state index contributed by atoms with van der Waals surface area (Å²) < 4.78 is 11.4. The first-order valence-electron chi connectivity index (χ1n) is 11.9. The highest BCUT2D eigenvalue weighted by Gasteiger charge is 2.43. The summed E-state index contributed by atoms with van der Waals surface area (Å²) in [6.45, 7) is 2.44. The van der Waals surface area contributed by atoms with Crippen molar-refractivity contribution in [3.8, 4) is 23.8 Å². The van der Waals surface area contributed by atoms with Crippen LogP contribution in [0.4, 0.5) is 0 Å². The maximum atomic E-state index is 13.3. The van der Waals surface area contributed by atoms with Gasteiger partial charge in [-0.3, -0.25) is 14.4 Å². The van der Waals surface area contributed by atoms with Crippen LogP contribution in [0.3, 0.4) is 0 Å². The van der Waals surface area contributed by atoms with Gasteiger partial charge in [0.2, 0.25) is 0 Å². The third kappa shape index (κ3) is 4.81. The van der Waals surface area contributed by atoms with Crippen molar-refractivity contribution in [1.29, 1.82) is 0 Å². The highest BCUT2D eigenvalue weighted by molar-refractivity contribution is 6.32. The molecule has 35 heavy (non-hydrogen) atoms. The molecule has 1 N–H and O–H groups in total. The number of carboxylic acids is 1. The fraction of sp³-hybridized carbons (Fsp3) is 0.444. The Labute approximate surface area is 209 Å². The molecule has 0 aromatic heterocycles. The highest BCUT2D eigenvalue weighted by atomic mass is 35.5. The maximum absolute atomic E-state index is 13.3. The van der Waals surface area contributed by atoms with Crippen LogP contribution in [0.1, 0.15) is 63.4 Å². The van der Waals surface area contributed by atoms with Gasteiger partial charge >= 0.3 is 5.97 Å². The predicted octanol–water partition coefficient (Wildman–Crippen LogP) is 4.64. The molecule has 0 amide bonds. The van der Waals surface area contributed by atoms with Crippen LogP contribution < -0.4 is 9.47 Å². The lowest BCUT2D eigenvalue weighted by molar-refractivity contribution is -0.137. The van der Waals surface area contributed by atoms with Gasteiger partial charge in [-0.15, -0.1) is 6.42 Å². The molecule has 0 radical (unpaired) electrons. The Morgan fingerprint density at radius 1 is 1.11 bits per heavy atom. The zero-order chi connectivity index (χ0) is 25.1. The number of hydrogen-bond donors (Lipinski definition) is 1. The fourth-order valence-corrected chi connectivity index (χ4v) is 5.57. The van der Waals surface area contributed by atoms with Crippen molar-refractivity contribution in [2.24, 2.45) is 0 Å². The van der Waals surface area contributed by atoms with Gasteiger partial charge in [0.25, 0.3) is 0 Å². The lowest BCUT2D eigenvalue weighted by Gasteiger charge is -2.44. The minimum Gasteiger partial charge on any atom is -0.490 e. The van der Waals surface area contributed by atoms with E-state index < -0.39 is 11.9 Å². The van der Waals surface area contributed by atoms with Gasteiger partial charge in [0.1, 0.15) is 6.61 Å². The molecule has 4 rings (SSSR count). The number of halogens is 1. The summed E-state index contributed by atoms with van der Waals surface area (Å²) in [5, 5.41) is 9.61. The number of carbonyl (C=O) groups excluding carboxylic acids is 2. The van der Waals surface area contributed by atoms with Crippen LogP contribution >= 0.6 is 11.6 Å². The average Bonchev–Trinajstić information content (AvgIpc) is 2.82. The second-order valence-corrected chi connectivity index (χ2v) is 9.17. The normalized spacial score (nSPS) is 18.3. The van der Waals surface area contributed by atoms with Gasteiger partial charge in [-0.25, -0.2) is 0 Å². The molecule has 0 atom stereocenters. The number of carboxylic acid groups (broad SMARTS) is 1. The van der Waals surface area contributed by atoms with E-state index in [-0.39, 0.29) is 36.2 Å². The Kier molecular flexibility index (Phi) is 7.51. The minimum absolute atomic E-state index is 0.0165. The summed E-state index contributed by atoms with van der Waals surface area (Å²) >= 11 is 6.61. The van der Waals surface area contributed by atoms with E-state index in [1.165, 1.54) is 0 Å². The predicted molar refractivity (Wildman–Crippen MR) is 130 cm³/mol. The first kappa shape index (κ1) is 24.9. The van der Waals surface area contributed by atoms with Gasteiger partial charge in [-0.05, 0) is 50.3 Å². The topological polar surface area (TPSA) is 93.1 Å². The molecule has 0 saturated heterocycles. The van der Waals surface area contributed by atoms with E-state index >= 15 is 0 Å². The molecule has 2 aliphatic carbocycles. The third-order valence-electron chi connectivity index (χ3n) is 6.60. The minimum atomic E-state index is -0.920. The third-order valence-corrected chi connectivity index (χ3v) is 6.88. The smallest absolute Gasteiger partial charge is 0.305 e. The van der Waals surface area contributed by atoms with Gasteiger partial charge in [-0.2, -0.15) is 0 Å². The molecule has 3 aliphatic rings. The average molecular weight is 498 g/mol. The van der Waals surface area contributed by atoms with Crippen molar-refractivity contribution in [1.82, 2.24) is 4.90 Å². The van der Waals surface area contributed by atoms with E-state index in [4.69, 9.17) is 27.5 Å². The zero-order valence-electron chi connectivity index (χ0n) is 19.7. The van der Waals surface area contributed by atoms with E-state index in [0.29, 0.717) is 73.3 Å². The van der Waals surface area contributed by atoms with Crippen molar-refractivity contribution < 1.29 is 29.0 Å². The number of ether oxygens (including phenoxy) is 2. The van der Waals surface area contributed by atoms with E-state index in [9.17, 15) is 19.5 Å². The quantitative estimate of drug-likeness (QED) is 0.523. The summed E-state index contributed by atoms with van der Waals surface area (Å²) in [5.74, 6) is 1.58. The summed E-state index contributed by atoms with van der Waals surface area (Å²) in [6.07, 6.45) is 8.71. The molecule has 0 fully saturated rings. The fourth-order valence-electron chi connectivity index (χ4n) is 5.30. The van der Waals surface area contributed by atoms with Gasteiger partial charge < -0.3 is 19.5 Å². The molecule has 1 aromatic carbocycles. The summed E-state index contributed by atoms with van der Waals surface area (Å²) in [6, 6.07) is 3.49. The number of Topliss-reactive ketones (excluding diaryl/α,β-unsaturated/α-hetero) is 2. The Hall–Kier alpha value is -3.24. The summed E-state index contributed by atoms with van der Waals surface area (Å²) in [7, 11) is 0. The Morgan fingerprint density at radius 3 is 2.29 bits per heavy atom. The second-order valence-electron chi connectivity index (χ2n) is 8.76. The molecule has 0 unspecified atom stereocenters. The number of nitrogens with zero attached hydrogens (tertiary/aromatic N) is 1. The van der Waals surface area contributed by atoms with Crippen LogP contribution in [0, 0.1) is 12.3 Å². The Balaban J connectivity index is 1.91. The monoisotopic (exact) mass is 497 g/mol. The van der Waals surface area contributed by atoms with Crippen molar-refractivity contribution in [2.75, 3.05) is 19.8 Å². The number of rotatable bonds is 8. The number of terminal acetylenes is 1. The first-order chi connectivity index (χ1) is 16.9. The molecule has 1 aromatic rings. The van der Waals surface area contributed by atoms with Crippen molar-refractivity contribution in [3.63, 3.8) is 0 Å². The van der Waals surface area contributed by atoms with Crippen LogP contribution in [0.15, 0.2) is 34.7 Å². The van der Waals surface area contributed by atoms with Crippen molar-refractivity contribution >= 4 is 29.1 Å². The van der Waals surface area contributed by atoms with Crippen LogP contribution in [0.2, 0.25) is 5.02 Å². The molecule has 7 nitrogen and oxygen atoms in total. The number of ketones is 2. The molecule has 1 aliphatic heterocycles. The number of aliphatic carboxylic acids is 1. The maximum Gasteiger partial charge on any atom is 0.305 e. The van der Waals surface area contributed by atoms with Crippen LogP contribution in [0.5, 0.6) is 11.5 Å². The molecular weight excluding hydrogens is 470 g/mol. The van der Waals surface area contributed by atoms with Gasteiger partial charge in [0, 0.05) is 47.8 Å². The Morgan fingerprint density at radius 2 is 1.74 bits per heavy atom. The number of allylic oxidation sites excluding steroid dienone is 4. The molecule has 0 bridgehead atoms. The van der Waals surface area contributed by atoms with E-state index in [0.717, 1.165) is 11.4 Å². The van der Waals surface area contributed by atoms with Gasteiger partial charge in [0.15, 0.2) is 23.1 Å². The first-order valence-corrected chi connectivity index (χ1v) is 12.3. The second kappa shape index (κ2) is 10.6. The SMILES string of the molecule is C#CCOc1c(Cl)cc(C2C3=C(CCCC3=O)N(CCC(=O)O)C3=C2C(=O)CCC3)cc1OCC. The van der Waals surface area contributed by atoms with E-state index in [1.807, 2.05) is 11.8 Å². The molecule has 1 heterocycles. The van der Waals surface area contributed by atoms with E-state index in [1.54, 1.807) is 12.1 Å². The number of benzene rings is 1. The number of carbonyl (C=O) groups is 3. The highest BCUT2D eigenvalue weighted by Crippen LogP contribution is 2.51. The van der Waals surface area contributed by atoms with E-state index in [2.05, 4.69) is 5.92 Å². The lowest BCUT2D eigenvalue weighted by Crippen LogP contribution is -2.39. The van der Waals surface area contributed by atoms with Crippen molar-refractivity contribution in [3.05, 3.63) is 45.3 Å². The molecule has 8 heteroatoms. The van der Waals surface area contributed by atoms with Crippen LogP contribution in [-0.2, 0) is 14.4 Å². The zero-order valence-corrected chi connectivity index (χ0v) is 20.5. The molecule has 0 spiro atoms. The largest absolute Gasteiger partial charge is 0.490 e. The van der Waals surface area contributed by atoms with Gasteiger partial charge in [-0.1, -0.05) is 17.5 Å². The molecular formula is C27H28ClNO6. The van der Waals surface area contributed by atoms with Crippen LogP contribution in [-0.4, -0.2) is 47.3 Å². The summed E-state index contributed by atoms with van der Waals surface area (Å²) in [5.41, 5.74) is 3.44. The Bertz CT molecular complexity index is 1130. The molecule has 184 valence electrons. The number of hydrogen-bond acceptors (Lipinski definition) is 6. The lowest BCUT2D eigenvalue weighted by atomic mass is 9.71. The van der Waals surface area contributed by atoms with Gasteiger partial charge in [0.05, 0.1) is 18.1 Å². The molecule has 0 saturated carbocycles. The van der Waals surface area contributed by atoms with Crippen molar-refractivity contribution in [2.45, 2.75) is 57.8 Å². The summed E-state index contributed by atoms with van der Waals surface area (Å²) in [4.78, 5) is 40.0.